The van der Waals surface area contributed by atoms with Gasteiger partial charge in [0.1, 0.15) is 5.82 Å². The van der Waals surface area contributed by atoms with Gasteiger partial charge in [-0.2, -0.15) is 0 Å². The third-order valence-electron chi connectivity index (χ3n) is 2.67. The van der Waals surface area contributed by atoms with Crippen LogP contribution in [0.3, 0.4) is 0 Å². The largest absolute Gasteiger partial charge is 0.314 e. The van der Waals surface area contributed by atoms with Crippen molar-refractivity contribution in [2.45, 2.75) is 25.3 Å². The van der Waals surface area contributed by atoms with E-state index in [0.717, 1.165) is 29.4 Å². The molecule has 14 heavy (non-hydrogen) atoms. The summed E-state index contributed by atoms with van der Waals surface area (Å²) in [5.74, 6) is -0.104. The molecule has 1 N–H and O–H groups in total. The Labute approximate surface area is 91.8 Å². The van der Waals surface area contributed by atoms with Crippen LogP contribution in [0.2, 0.25) is 0 Å². The predicted molar refractivity (Wildman–Crippen MR) is 58.8 cm³/mol. The second kappa shape index (κ2) is 4.41. The van der Waals surface area contributed by atoms with Gasteiger partial charge in [-0.15, -0.1) is 0 Å². The zero-order chi connectivity index (χ0) is 9.97. The number of benzene rings is 1. The summed E-state index contributed by atoms with van der Waals surface area (Å²) in [5, 5.41) is 3.37. The highest BCUT2D eigenvalue weighted by molar-refractivity contribution is 9.10. The SMILES string of the molecule is Fc1cccc(Br)c1CC1CCCN1. The summed E-state index contributed by atoms with van der Waals surface area (Å²) >= 11 is 3.39. The Balaban J connectivity index is 2.14. The van der Waals surface area contributed by atoms with Crippen LogP contribution < -0.4 is 5.32 Å². The van der Waals surface area contributed by atoms with Gasteiger partial charge in [0.15, 0.2) is 0 Å². The second-order valence-corrected chi connectivity index (χ2v) is 4.55. The monoisotopic (exact) mass is 257 g/mol. The van der Waals surface area contributed by atoms with Crippen LogP contribution in [-0.4, -0.2) is 12.6 Å². The standard InChI is InChI=1S/C11H13BrFN/c12-10-4-1-5-11(13)9(10)7-8-3-2-6-14-8/h1,4-5,8,14H,2-3,6-7H2. The molecule has 1 fully saturated rings. The van der Waals surface area contributed by atoms with Crippen LogP contribution in [0.1, 0.15) is 18.4 Å². The lowest BCUT2D eigenvalue weighted by Gasteiger charge is -2.12. The summed E-state index contributed by atoms with van der Waals surface area (Å²) in [6.45, 7) is 1.07. The first kappa shape index (κ1) is 10.1. The minimum atomic E-state index is -0.104. The molecule has 1 unspecified atom stereocenters. The summed E-state index contributed by atoms with van der Waals surface area (Å²) in [6.07, 6.45) is 3.14. The Morgan fingerprint density at radius 2 is 2.36 bits per heavy atom. The van der Waals surface area contributed by atoms with Crippen LogP contribution in [-0.2, 0) is 6.42 Å². The lowest BCUT2D eigenvalue weighted by atomic mass is 10.0. The molecule has 0 saturated carbocycles. The Morgan fingerprint density at radius 1 is 1.50 bits per heavy atom. The Bertz CT molecular complexity index is 301. The molecule has 0 aromatic heterocycles. The van der Waals surface area contributed by atoms with Crippen molar-refractivity contribution in [3.8, 4) is 0 Å². The minimum Gasteiger partial charge on any atom is -0.314 e. The van der Waals surface area contributed by atoms with Crippen molar-refractivity contribution in [1.29, 1.82) is 0 Å². The highest BCUT2D eigenvalue weighted by atomic mass is 79.9. The first-order chi connectivity index (χ1) is 6.77. The normalized spacial score (nSPS) is 21.4. The Morgan fingerprint density at radius 3 is 3.00 bits per heavy atom. The fraction of sp³-hybridized carbons (Fsp3) is 0.455. The van der Waals surface area contributed by atoms with Crippen molar-refractivity contribution in [2.75, 3.05) is 6.54 Å². The molecule has 76 valence electrons. The number of nitrogens with one attached hydrogen (secondary N) is 1. The topological polar surface area (TPSA) is 12.0 Å². The average molecular weight is 258 g/mol. The molecule has 1 aliphatic rings. The maximum atomic E-state index is 13.4. The molecule has 0 amide bonds. The van der Waals surface area contributed by atoms with Gasteiger partial charge in [-0.1, -0.05) is 22.0 Å². The summed E-state index contributed by atoms with van der Waals surface area (Å²) in [5.41, 5.74) is 0.798. The molecule has 1 nitrogen and oxygen atoms in total. The fourth-order valence-electron chi connectivity index (χ4n) is 1.90. The summed E-state index contributed by atoms with van der Waals surface area (Å²) in [7, 11) is 0. The van der Waals surface area contributed by atoms with Crippen LogP contribution in [0.4, 0.5) is 4.39 Å². The van der Waals surface area contributed by atoms with E-state index in [1.54, 1.807) is 6.07 Å². The Kier molecular flexibility index (Phi) is 3.19. The Hall–Kier alpha value is -0.410. The predicted octanol–water partition coefficient (Wildman–Crippen LogP) is 2.88. The zero-order valence-corrected chi connectivity index (χ0v) is 9.48. The molecule has 1 aliphatic heterocycles. The van der Waals surface area contributed by atoms with E-state index in [2.05, 4.69) is 21.2 Å². The molecule has 1 heterocycles. The van der Waals surface area contributed by atoms with Gasteiger partial charge in [-0.05, 0) is 37.9 Å². The van der Waals surface area contributed by atoms with E-state index in [1.807, 2.05) is 6.07 Å². The van der Waals surface area contributed by atoms with Crippen molar-refractivity contribution in [2.24, 2.45) is 0 Å². The molecular weight excluding hydrogens is 245 g/mol. The molecule has 0 radical (unpaired) electrons. The summed E-state index contributed by atoms with van der Waals surface area (Å²) in [6, 6.07) is 5.59. The summed E-state index contributed by atoms with van der Waals surface area (Å²) in [4.78, 5) is 0. The van der Waals surface area contributed by atoms with Crippen molar-refractivity contribution >= 4 is 15.9 Å². The quantitative estimate of drug-likeness (QED) is 0.860. The van der Waals surface area contributed by atoms with Crippen molar-refractivity contribution in [1.82, 2.24) is 5.32 Å². The average Bonchev–Trinajstić information content (AvgIpc) is 2.64. The van der Waals surface area contributed by atoms with Gasteiger partial charge >= 0.3 is 0 Å². The van der Waals surface area contributed by atoms with Crippen molar-refractivity contribution < 1.29 is 4.39 Å². The van der Waals surface area contributed by atoms with Crippen molar-refractivity contribution in [3.63, 3.8) is 0 Å². The lowest BCUT2D eigenvalue weighted by molar-refractivity contribution is 0.559. The highest BCUT2D eigenvalue weighted by Gasteiger charge is 2.17. The molecule has 1 aromatic carbocycles. The van der Waals surface area contributed by atoms with Gasteiger partial charge < -0.3 is 5.32 Å². The molecule has 0 spiro atoms. The molecule has 1 aromatic rings. The molecular formula is C11H13BrFN. The number of hydrogen-bond acceptors (Lipinski definition) is 1. The molecule has 3 heteroatoms. The molecule has 0 bridgehead atoms. The first-order valence-electron chi connectivity index (χ1n) is 4.93. The molecule has 1 saturated heterocycles. The first-order valence-corrected chi connectivity index (χ1v) is 5.73. The number of halogens is 2. The maximum Gasteiger partial charge on any atom is 0.127 e. The van der Waals surface area contributed by atoms with Crippen LogP contribution in [0.15, 0.2) is 22.7 Å². The summed E-state index contributed by atoms with van der Waals surface area (Å²) < 4.78 is 14.3. The van der Waals surface area contributed by atoms with Crippen LogP contribution in [0.25, 0.3) is 0 Å². The van der Waals surface area contributed by atoms with Gasteiger partial charge in [-0.25, -0.2) is 4.39 Å². The van der Waals surface area contributed by atoms with E-state index in [1.165, 1.54) is 12.5 Å². The van der Waals surface area contributed by atoms with Gasteiger partial charge in [0.2, 0.25) is 0 Å². The van der Waals surface area contributed by atoms with E-state index in [0.29, 0.717) is 6.04 Å². The van der Waals surface area contributed by atoms with Crippen LogP contribution in [0, 0.1) is 5.82 Å². The van der Waals surface area contributed by atoms with Crippen LogP contribution in [0.5, 0.6) is 0 Å². The van der Waals surface area contributed by atoms with E-state index >= 15 is 0 Å². The third-order valence-corrected chi connectivity index (χ3v) is 3.42. The van der Waals surface area contributed by atoms with E-state index < -0.39 is 0 Å². The maximum absolute atomic E-state index is 13.4. The molecule has 0 aliphatic carbocycles. The smallest absolute Gasteiger partial charge is 0.127 e. The van der Waals surface area contributed by atoms with Crippen LogP contribution >= 0.6 is 15.9 Å². The zero-order valence-electron chi connectivity index (χ0n) is 7.89. The van der Waals surface area contributed by atoms with Gasteiger partial charge in [0.05, 0.1) is 0 Å². The highest BCUT2D eigenvalue weighted by Crippen LogP contribution is 2.23. The number of hydrogen-bond donors (Lipinski definition) is 1. The van der Waals surface area contributed by atoms with Gasteiger partial charge in [-0.3, -0.25) is 0 Å². The van der Waals surface area contributed by atoms with Gasteiger partial charge in [0, 0.05) is 16.1 Å². The van der Waals surface area contributed by atoms with Crippen molar-refractivity contribution in [3.05, 3.63) is 34.1 Å². The van der Waals surface area contributed by atoms with Gasteiger partial charge in [0.25, 0.3) is 0 Å². The minimum absolute atomic E-state index is 0.104. The number of rotatable bonds is 2. The fourth-order valence-corrected chi connectivity index (χ4v) is 2.41. The third kappa shape index (κ3) is 2.15. The second-order valence-electron chi connectivity index (χ2n) is 3.70. The molecule has 1 atom stereocenters. The lowest BCUT2D eigenvalue weighted by Crippen LogP contribution is -2.24. The van der Waals surface area contributed by atoms with E-state index in [4.69, 9.17) is 0 Å². The van der Waals surface area contributed by atoms with E-state index in [-0.39, 0.29) is 5.82 Å². The van der Waals surface area contributed by atoms with E-state index in [9.17, 15) is 4.39 Å². The molecule has 2 rings (SSSR count).